The van der Waals surface area contributed by atoms with E-state index in [4.69, 9.17) is 22.1 Å². The lowest BCUT2D eigenvalue weighted by molar-refractivity contribution is -0.122. The van der Waals surface area contributed by atoms with Crippen LogP contribution in [0.15, 0.2) is 96.0 Å². The van der Waals surface area contributed by atoms with Crippen LogP contribution in [0.5, 0.6) is 5.75 Å². The van der Waals surface area contributed by atoms with Crippen molar-refractivity contribution in [3.63, 3.8) is 0 Å². The molecule has 4 aromatic rings. The van der Waals surface area contributed by atoms with Crippen molar-refractivity contribution in [2.24, 2.45) is 0 Å². The van der Waals surface area contributed by atoms with Crippen molar-refractivity contribution >= 4 is 40.3 Å². The van der Waals surface area contributed by atoms with E-state index in [9.17, 15) is 4.79 Å². The Morgan fingerprint density at radius 2 is 1.76 bits per heavy atom. The number of rotatable bonds is 9. The Bertz CT molecular complexity index is 1430. The maximum Gasteiger partial charge on any atom is 0.266 e. The molecule has 1 aromatic heterocycles. The topological polar surface area (TPSA) is 47.4 Å². The number of carbonyl (C=O) groups excluding carboxylic acids is 1. The third-order valence-corrected chi connectivity index (χ3v) is 7.35. The highest BCUT2D eigenvalue weighted by Crippen LogP contribution is 2.35. The molecular weight excluding hydrogens is 498 g/mol. The number of carbonyl (C=O) groups is 1. The number of thiocarbonyl (C=S) groups is 1. The predicted molar refractivity (Wildman–Crippen MR) is 155 cm³/mol. The Balaban J connectivity index is 1.47. The molecule has 0 radical (unpaired) electrons. The molecule has 0 spiro atoms. The van der Waals surface area contributed by atoms with Crippen LogP contribution in [-0.4, -0.2) is 38.1 Å². The molecule has 5 rings (SSSR count). The Morgan fingerprint density at radius 1 is 1.00 bits per heavy atom. The van der Waals surface area contributed by atoms with E-state index in [0.717, 1.165) is 41.1 Å². The molecule has 7 heteroatoms. The Morgan fingerprint density at radius 3 is 2.51 bits per heavy atom. The third-order valence-electron chi connectivity index (χ3n) is 5.97. The number of thioether (sulfide) groups is 1. The smallest absolute Gasteiger partial charge is 0.266 e. The second-order valence-electron chi connectivity index (χ2n) is 8.66. The predicted octanol–water partition coefficient (Wildman–Crippen LogP) is 6.77. The van der Waals surface area contributed by atoms with Gasteiger partial charge in [0.15, 0.2) is 0 Å². The second kappa shape index (κ2) is 11.6. The molecule has 0 saturated carbocycles. The minimum absolute atomic E-state index is 0.0654. The van der Waals surface area contributed by atoms with Gasteiger partial charge >= 0.3 is 0 Å². The highest BCUT2D eigenvalue weighted by Gasteiger charge is 2.32. The van der Waals surface area contributed by atoms with E-state index in [-0.39, 0.29) is 5.91 Å². The van der Waals surface area contributed by atoms with Gasteiger partial charge in [-0.1, -0.05) is 91.6 Å². The van der Waals surface area contributed by atoms with Crippen molar-refractivity contribution < 1.29 is 9.53 Å². The molecule has 3 aromatic carbocycles. The summed E-state index contributed by atoms with van der Waals surface area (Å²) in [6, 6.07) is 28.0. The van der Waals surface area contributed by atoms with Gasteiger partial charge in [0.05, 0.1) is 17.2 Å². The van der Waals surface area contributed by atoms with E-state index in [0.29, 0.717) is 22.4 Å². The molecular formula is C30H27N3O2S2. The zero-order valence-corrected chi connectivity index (χ0v) is 22.2. The molecule has 186 valence electrons. The molecule has 1 fully saturated rings. The molecule has 0 N–H and O–H groups in total. The lowest BCUT2D eigenvalue weighted by Gasteiger charge is -2.14. The first-order valence-corrected chi connectivity index (χ1v) is 13.5. The number of aromatic nitrogens is 2. The maximum atomic E-state index is 13.3. The first kappa shape index (κ1) is 25.0. The van der Waals surface area contributed by atoms with Crippen LogP contribution < -0.4 is 4.74 Å². The summed E-state index contributed by atoms with van der Waals surface area (Å²) in [5, 5.41) is 4.90. The SMILES string of the molecule is CCCOc1cccc(-c2nn(-c3ccccc3)cc2C=C2SC(=S)N(CCc3ccccc3)C2=O)c1. The van der Waals surface area contributed by atoms with E-state index < -0.39 is 0 Å². The van der Waals surface area contributed by atoms with Gasteiger partial charge < -0.3 is 4.74 Å². The first-order chi connectivity index (χ1) is 18.1. The van der Waals surface area contributed by atoms with Gasteiger partial charge in [0.25, 0.3) is 5.91 Å². The van der Waals surface area contributed by atoms with Crippen molar-refractivity contribution in [2.45, 2.75) is 19.8 Å². The summed E-state index contributed by atoms with van der Waals surface area (Å²) >= 11 is 6.92. The number of benzene rings is 3. The summed E-state index contributed by atoms with van der Waals surface area (Å²) in [6.45, 7) is 3.29. The van der Waals surface area contributed by atoms with Gasteiger partial charge in [0.1, 0.15) is 15.8 Å². The van der Waals surface area contributed by atoms with Crippen LogP contribution in [0.1, 0.15) is 24.5 Å². The molecule has 37 heavy (non-hydrogen) atoms. The third kappa shape index (κ3) is 5.84. The van der Waals surface area contributed by atoms with E-state index >= 15 is 0 Å². The van der Waals surface area contributed by atoms with E-state index in [1.807, 2.05) is 89.8 Å². The number of ether oxygens (including phenoxy) is 1. The van der Waals surface area contributed by atoms with Crippen molar-refractivity contribution in [1.82, 2.24) is 14.7 Å². The van der Waals surface area contributed by atoms with Gasteiger partial charge in [0.2, 0.25) is 0 Å². The summed E-state index contributed by atoms with van der Waals surface area (Å²) in [5.41, 5.74) is 4.67. The number of para-hydroxylation sites is 1. The van der Waals surface area contributed by atoms with Gasteiger partial charge in [0, 0.05) is 23.9 Å². The van der Waals surface area contributed by atoms with Crippen LogP contribution in [0.2, 0.25) is 0 Å². The monoisotopic (exact) mass is 525 g/mol. The standard InChI is InChI=1S/C30H27N3O2S2/c1-2-18-35-26-15-9-12-23(19-26)28-24(21-33(31-28)25-13-7-4-8-14-25)20-27-29(34)32(30(36)37-27)17-16-22-10-5-3-6-11-22/h3-15,19-21H,2,16-18H2,1H3. The zero-order chi connectivity index (χ0) is 25.6. The zero-order valence-electron chi connectivity index (χ0n) is 20.5. The molecule has 1 saturated heterocycles. The van der Waals surface area contributed by atoms with Crippen molar-refractivity contribution in [2.75, 3.05) is 13.2 Å². The van der Waals surface area contributed by atoms with Crippen molar-refractivity contribution in [1.29, 1.82) is 0 Å². The lowest BCUT2D eigenvalue weighted by atomic mass is 10.1. The fraction of sp³-hybridized carbons (Fsp3) is 0.167. The fourth-order valence-corrected chi connectivity index (χ4v) is 5.40. The summed E-state index contributed by atoms with van der Waals surface area (Å²) in [4.78, 5) is 15.6. The highest BCUT2D eigenvalue weighted by molar-refractivity contribution is 8.26. The summed E-state index contributed by atoms with van der Waals surface area (Å²) in [5.74, 6) is 0.733. The van der Waals surface area contributed by atoms with Crippen LogP contribution in [0.25, 0.3) is 23.0 Å². The maximum absolute atomic E-state index is 13.3. The number of amides is 1. The summed E-state index contributed by atoms with van der Waals surface area (Å²) in [7, 11) is 0. The highest BCUT2D eigenvalue weighted by atomic mass is 32.2. The van der Waals surface area contributed by atoms with Crippen molar-refractivity contribution in [3.05, 3.63) is 107 Å². The Hall–Kier alpha value is -3.68. The van der Waals surface area contributed by atoms with Crippen LogP contribution in [-0.2, 0) is 11.2 Å². The van der Waals surface area contributed by atoms with Gasteiger partial charge in [-0.2, -0.15) is 5.10 Å². The molecule has 0 aliphatic carbocycles. The van der Waals surface area contributed by atoms with Gasteiger partial charge in [-0.05, 0) is 48.7 Å². The number of hydrogen-bond donors (Lipinski definition) is 0. The molecule has 0 atom stereocenters. The molecule has 1 amide bonds. The summed E-state index contributed by atoms with van der Waals surface area (Å²) < 4.78 is 8.29. The van der Waals surface area contributed by atoms with Gasteiger partial charge in [-0.3, -0.25) is 9.69 Å². The van der Waals surface area contributed by atoms with Gasteiger partial charge in [-0.15, -0.1) is 0 Å². The Labute approximate surface area is 226 Å². The minimum Gasteiger partial charge on any atom is -0.494 e. The number of hydrogen-bond acceptors (Lipinski definition) is 5. The van der Waals surface area contributed by atoms with E-state index in [2.05, 4.69) is 19.1 Å². The summed E-state index contributed by atoms with van der Waals surface area (Å²) in [6.07, 6.45) is 5.55. The van der Waals surface area contributed by atoms with Crippen molar-refractivity contribution in [3.8, 4) is 22.7 Å². The molecule has 0 unspecified atom stereocenters. The molecule has 5 nitrogen and oxygen atoms in total. The quantitative estimate of drug-likeness (QED) is 0.178. The van der Waals surface area contributed by atoms with Crippen LogP contribution in [0.4, 0.5) is 0 Å². The molecule has 2 heterocycles. The second-order valence-corrected chi connectivity index (χ2v) is 10.3. The molecule has 1 aliphatic heterocycles. The van der Waals surface area contributed by atoms with Gasteiger partial charge in [-0.25, -0.2) is 4.68 Å². The normalized spacial score (nSPS) is 14.5. The van der Waals surface area contributed by atoms with Crippen LogP contribution in [0, 0.1) is 0 Å². The average molecular weight is 526 g/mol. The minimum atomic E-state index is -0.0654. The largest absolute Gasteiger partial charge is 0.494 e. The lowest BCUT2D eigenvalue weighted by Crippen LogP contribution is -2.30. The van der Waals surface area contributed by atoms with E-state index in [1.54, 1.807) is 4.90 Å². The molecule has 0 bridgehead atoms. The average Bonchev–Trinajstić information content (AvgIpc) is 3.48. The number of nitrogens with zero attached hydrogens (tertiary/aromatic N) is 3. The first-order valence-electron chi connectivity index (χ1n) is 12.3. The Kier molecular flexibility index (Phi) is 7.82. The van der Waals surface area contributed by atoms with Crippen LogP contribution >= 0.6 is 24.0 Å². The van der Waals surface area contributed by atoms with Crippen LogP contribution in [0.3, 0.4) is 0 Å². The van der Waals surface area contributed by atoms with E-state index in [1.165, 1.54) is 17.3 Å². The fourth-order valence-electron chi connectivity index (χ4n) is 4.10. The molecule has 1 aliphatic rings.